The Morgan fingerprint density at radius 3 is 2.33 bits per heavy atom. The summed E-state index contributed by atoms with van der Waals surface area (Å²) >= 11 is 0. The smallest absolute Gasteiger partial charge is 0.406 e. The average molecular weight is 259 g/mol. The minimum absolute atomic E-state index is 0.165. The van der Waals surface area contributed by atoms with Gasteiger partial charge in [0.15, 0.2) is 0 Å². The number of hydrogen-bond acceptors (Lipinski definition) is 2. The molecule has 2 rings (SSSR count). The molecule has 18 heavy (non-hydrogen) atoms. The summed E-state index contributed by atoms with van der Waals surface area (Å²) in [6.07, 6.45) is -1.25. The number of rotatable bonds is 5. The van der Waals surface area contributed by atoms with E-state index in [-0.39, 0.29) is 5.75 Å². The SMILES string of the molecule is CN(CCc1ccc(OC(F)(F)F)cc1)C1CC1. The first kappa shape index (κ1) is 13.2. The normalized spacial score (nSPS) is 16.1. The van der Waals surface area contributed by atoms with Gasteiger partial charge < -0.3 is 9.64 Å². The van der Waals surface area contributed by atoms with E-state index in [1.165, 1.54) is 25.0 Å². The fourth-order valence-electron chi connectivity index (χ4n) is 1.86. The van der Waals surface area contributed by atoms with Crippen LogP contribution in [-0.2, 0) is 6.42 Å². The number of hydrogen-bond donors (Lipinski definition) is 0. The lowest BCUT2D eigenvalue weighted by molar-refractivity contribution is -0.274. The van der Waals surface area contributed by atoms with E-state index in [2.05, 4.69) is 16.7 Å². The second-order valence-electron chi connectivity index (χ2n) is 4.65. The van der Waals surface area contributed by atoms with Gasteiger partial charge in [0.05, 0.1) is 0 Å². The fourth-order valence-corrected chi connectivity index (χ4v) is 1.86. The highest BCUT2D eigenvalue weighted by Gasteiger charge is 2.31. The van der Waals surface area contributed by atoms with Crippen molar-refractivity contribution in [2.24, 2.45) is 0 Å². The van der Waals surface area contributed by atoms with E-state index in [0.717, 1.165) is 18.5 Å². The van der Waals surface area contributed by atoms with Crippen molar-refractivity contribution in [1.82, 2.24) is 4.90 Å². The Kier molecular flexibility index (Phi) is 3.80. The predicted octanol–water partition coefficient (Wildman–Crippen LogP) is 3.22. The standard InChI is InChI=1S/C13H16F3NO/c1-17(11-4-5-11)9-8-10-2-6-12(7-3-10)18-13(14,15)16/h2-3,6-7,11H,4-5,8-9H2,1H3. The molecule has 0 saturated heterocycles. The summed E-state index contributed by atoms with van der Waals surface area (Å²) in [6, 6.07) is 6.79. The summed E-state index contributed by atoms with van der Waals surface area (Å²) in [5.74, 6) is -0.165. The Balaban J connectivity index is 1.83. The van der Waals surface area contributed by atoms with Crippen molar-refractivity contribution >= 4 is 0 Å². The molecule has 0 spiro atoms. The summed E-state index contributed by atoms with van der Waals surface area (Å²) in [5, 5.41) is 0. The average Bonchev–Trinajstić information content (AvgIpc) is 3.09. The van der Waals surface area contributed by atoms with Gasteiger partial charge in [-0.3, -0.25) is 0 Å². The number of halogens is 3. The molecule has 1 saturated carbocycles. The molecule has 0 N–H and O–H groups in total. The van der Waals surface area contributed by atoms with Crippen molar-refractivity contribution in [2.45, 2.75) is 31.7 Å². The van der Waals surface area contributed by atoms with Crippen LogP contribution in [-0.4, -0.2) is 30.9 Å². The van der Waals surface area contributed by atoms with E-state index in [4.69, 9.17) is 0 Å². The first-order chi connectivity index (χ1) is 8.44. The van der Waals surface area contributed by atoms with Crippen LogP contribution >= 0.6 is 0 Å². The summed E-state index contributed by atoms with van der Waals surface area (Å²) in [7, 11) is 2.08. The van der Waals surface area contributed by atoms with Gasteiger partial charge in [-0.25, -0.2) is 0 Å². The first-order valence-corrected chi connectivity index (χ1v) is 5.99. The zero-order chi connectivity index (χ0) is 13.2. The number of benzene rings is 1. The van der Waals surface area contributed by atoms with Gasteiger partial charge in [-0.05, 0) is 44.0 Å². The maximum Gasteiger partial charge on any atom is 0.573 e. The van der Waals surface area contributed by atoms with Crippen LogP contribution in [0, 0.1) is 0 Å². The highest BCUT2D eigenvalue weighted by molar-refractivity contribution is 5.27. The second kappa shape index (κ2) is 5.18. The molecule has 0 bridgehead atoms. The molecular weight excluding hydrogens is 243 g/mol. The van der Waals surface area contributed by atoms with Crippen LogP contribution in [0.4, 0.5) is 13.2 Å². The van der Waals surface area contributed by atoms with Gasteiger partial charge in [-0.2, -0.15) is 0 Å². The predicted molar refractivity (Wildman–Crippen MR) is 62.5 cm³/mol. The van der Waals surface area contributed by atoms with E-state index >= 15 is 0 Å². The van der Waals surface area contributed by atoms with E-state index in [0.29, 0.717) is 6.04 Å². The van der Waals surface area contributed by atoms with Crippen LogP contribution in [0.2, 0.25) is 0 Å². The van der Waals surface area contributed by atoms with Crippen LogP contribution < -0.4 is 4.74 Å². The van der Waals surface area contributed by atoms with Crippen molar-refractivity contribution < 1.29 is 17.9 Å². The molecule has 0 aromatic heterocycles. The molecule has 0 radical (unpaired) electrons. The third-order valence-corrected chi connectivity index (χ3v) is 3.08. The zero-order valence-electron chi connectivity index (χ0n) is 10.2. The molecule has 0 amide bonds. The lowest BCUT2D eigenvalue weighted by Crippen LogP contribution is -2.23. The van der Waals surface area contributed by atoms with Crippen molar-refractivity contribution in [3.05, 3.63) is 29.8 Å². The van der Waals surface area contributed by atoms with Gasteiger partial charge >= 0.3 is 6.36 Å². The molecule has 1 aliphatic carbocycles. The Morgan fingerprint density at radius 2 is 1.83 bits per heavy atom. The lowest BCUT2D eigenvalue weighted by Gasteiger charge is -2.15. The van der Waals surface area contributed by atoms with Gasteiger partial charge in [0, 0.05) is 12.6 Å². The molecule has 0 aliphatic heterocycles. The molecule has 100 valence electrons. The van der Waals surface area contributed by atoms with E-state index in [1.54, 1.807) is 12.1 Å². The molecular formula is C13H16F3NO. The van der Waals surface area contributed by atoms with Crippen molar-refractivity contribution in [1.29, 1.82) is 0 Å². The van der Waals surface area contributed by atoms with Crippen molar-refractivity contribution in [3.8, 4) is 5.75 Å². The highest BCUT2D eigenvalue weighted by Crippen LogP contribution is 2.26. The monoisotopic (exact) mass is 259 g/mol. The molecule has 5 heteroatoms. The Hall–Kier alpha value is -1.23. The molecule has 1 fully saturated rings. The summed E-state index contributed by atoms with van der Waals surface area (Å²) in [4.78, 5) is 2.29. The number of ether oxygens (including phenoxy) is 1. The van der Waals surface area contributed by atoms with Crippen LogP contribution in [0.5, 0.6) is 5.75 Å². The minimum Gasteiger partial charge on any atom is -0.406 e. The quantitative estimate of drug-likeness (QED) is 0.805. The molecule has 1 aliphatic rings. The molecule has 0 heterocycles. The molecule has 1 aromatic rings. The van der Waals surface area contributed by atoms with Crippen molar-refractivity contribution in [3.63, 3.8) is 0 Å². The summed E-state index contributed by atoms with van der Waals surface area (Å²) < 4.78 is 39.7. The highest BCUT2D eigenvalue weighted by atomic mass is 19.4. The largest absolute Gasteiger partial charge is 0.573 e. The Labute approximate surface area is 104 Å². The van der Waals surface area contributed by atoms with Gasteiger partial charge in [-0.15, -0.1) is 13.2 Å². The van der Waals surface area contributed by atoms with Gasteiger partial charge in [-0.1, -0.05) is 12.1 Å². The third kappa shape index (κ3) is 4.22. The first-order valence-electron chi connectivity index (χ1n) is 5.99. The van der Waals surface area contributed by atoms with Gasteiger partial charge in [0.1, 0.15) is 5.75 Å². The van der Waals surface area contributed by atoms with E-state index < -0.39 is 6.36 Å². The zero-order valence-corrected chi connectivity index (χ0v) is 10.2. The van der Waals surface area contributed by atoms with E-state index in [9.17, 15) is 13.2 Å². The molecule has 2 nitrogen and oxygen atoms in total. The van der Waals surface area contributed by atoms with Crippen LogP contribution in [0.15, 0.2) is 24.3 Å². The second-order valence-corrected chi connectivity index (χ2v) is 4.65. The third-order valence-electron chi connectivity index (χ3n) is 3.08. The Bertz CT molecular complexity index is 384. The maximum absolute atomic E-state index is 12.0. The van der Waals surface area contributed by atoms with Crippen LogP contribution in [0.3, 0.4) is 0 Å². The van der Waals surface area contributed by atoms with Crippen molar-refractivity contribution in [2.75, 3.05) is 13.6 Å². The van der Waals surface area contributed by atoms with Crippen LogP contribution in [0.25, 0.3) is 0 Å². The fraction of sp³-hybridized carbons (Fsp3) is 0.538. The molecule has 0 unspecified atom stereocenters. The van der Waals surface area contributed by atoms with Gasteiger partial charge in [0.25, 0.3) is 0 Å². The minimum atomic E-state index is -4.62. The lowest BCUT2D eigenvalue weighted by atomic mass is 10.1. The van der Waals surface area contributed by atoms with Gasteiger partial charge in [0.2, 0.25) is 0 Å². The maximum atomic E-state index is 12.0. The Morgan fingerprint density at radius 1 is 1.22 bits per heavy atom. The summed E-state index contributed by atoms with van der Waals surface area (Å²) in [6.45, 7) is 0.935. The summed E-state index contributed by atoms with van der Waals surface area (Å²) in [5.41, 5.74) is 1.03. The van der Waals surface area contributed by atoms with E-state index in [1.807, 2.05) is 0 Å². The topological polar surface area (TPSA) is 12.5 Å². The number of nitrogens with zero attached hydrogens (tertiary/aromatic N) is 1. The molecule has 1 aromatic carbocycles. The molecule has 0 atom stereocenters. The number of alkyl halides is 3. The van der Waals surface area contributed by atoms with Crippen LogP contribution in [0.1, 0.15) is 18.4 Å². The number of likely N-dealkylation sites (N-methyl/N-ethyl adjacent to an activating group) is 1.